The summed E-state index contributed by atoms with van der Waals surface area (Å²) >= 11 is 0. The van der Waals surface area contributed by atoms with E-state index in [-0.39, 0.29) is 30.3 Å². The van der Waals surface area contributed by atoms with E-state index in [1.807, 2.05) is 18.2 Å². The van der Waals surface area contributed by atoms with Crippen molar-refractivity contribution in [1.82, 2.24) is 10.3 Å². The van der Waals surface area contributed by atoms with Crippen molar-refractivity contribution in [3.8, 4) is 0 Å². The molecule has 6 nitrogen and oxygen atoms in total. The Labute approximate surface area is 144 Å². The number of para-hydroxylation sites is 1. The summed E-state index contributed by atoms with van der Waals surface area (Å²) in [7, 11) is 0. The van der Waals surface area contributed by atoms with Crippen molar-refractivity contribution in [2.24, 2.45) is 5.92 Å². The average Bonchev–Trinajstić information content (AvgIpc) is 2.65. The van der Waals surface area contributed by atoms with E-state index in [0.717, 1.165) is 5.69 Å². The van der Waals surface area contributed by atoms with Crippen molar-refractivity contribution in [3.63, 3.8) is 0 Å². The lowest BCUT2D eigenvalue weighted by molar-refractivity contribution is 0.0912. The first-order chi connectivity index (χ1) is 12.2. The molecule has 2 N–H and O–H groups in total. The number of aromatic nitrogens is 1. The molecule has 2 aromatic heterocycles. The van der Waals surface area contributed by atoms with Gasteiger partial charge < -0.3 is 14.8 Å². The van der Waals surface area contributed by atoms with E-state index in [9.17, 15) is 14.7 Å². The van der Waals surface area contributed by atoms with Gasteiger partial charge in [-0.25, -0.2) is 0 Å². The van der Waals surface area contributed by atoms with Gasteiger partial charge in [-0.1, -0.05) is 18.2 Å². The smallest absolute Gasteiger partial charge is 0.287 e. The number of hydrogen-bond acceptors (Lipinski definition) is 5. The van der Waals surface area contributed by atoms with Crippen LogP contribution in [-0.2, 0) is 6.42 Å². The Bertz CT molecular complexity index is 921. The van der Waals surface area contributed by atoms with E-state index in [2.05, 4.69) is 10.3 Å². The van der Waals surface area contributed by atoms with Crippen LogP contribution in [-0.4, -0.2) is 29.1 Å². The molecule has 6 heteroatoms. The second-order valence-corrected chi connectivity index (χ2v) is 5.75. The van der Waals surface area contributed by atoms with Gasteiger partial charge in [0.05, 0.1) is 5.39 Å². The number of aliphatic hydroxyl groups excluding tert-OH is 1. The molecule has 25 heavy (non-hydrogen) atoms. The van der Waals surface area contributed by atoms with Gasteiger partial charge in [-0.05, 0) is 30.7 Å². The third-order valence-electron chi connectivity index (χ3n) is 3.89. The molecule has 0 radical (unpaired) electrons. The first kappa shape index (κ1) is 16.9. The number of hydrogen-bond donors (Lipinski definition) is 2. The van der Waals surface area contributed by atoms with Crippen LogP contribution in [0.3, 0.4) is 0 Å². The molecule has 1 amide bonds. The number of nitrogens with zero attached hydrogens (tertiary/aromatic N) is 1. The molecule has 1 atom stereocenters. The largest absolute Gasteiger partial charge is 0.451 e. The Kier molecular flexibility index (Phi) is 5.20. The minimum Gasteiger partial charge on any atom is -0.451 e. The Hall–Kier alpha value is -2.99. The van der Waals surface area contributed by atoms with E-state index >= 15 is 0 Å². The molecular weight excluding hydrogens is 320 g/mol. The van der Waals surface area contributed by atoms with Gasteiger partial charge >= 0.3 is 0 Å². The molecule has 2 heterocycles. The summed E-state index contributed by atoms with van der Waals surface area (Å²) in [5.74, 6) is -0.702. The molecule has 0 aliphatic carbocycles. The molecule has 0 saturated carbocycles. The number of rotatable bonds is 6. The van der Waals surface area contributed by atoms with E-state index in [1.54, 1.807) is 30.5 Å². The Morgan fingerprint density at radius 3 is 2.76 bits per heavy atom. The quantitative estimate of drug-likeness (QED) is 0.714. The van der Waals surface area contributed by atoms with Gasteiger partial charge in [0, 0.05) is 37.0 Å². The van der Waals surface area contributed by atoms with Crippen molar-refractivity contribution < 1.29 is 14.3 Å². The van der Waals surface area contributed by atoms with E-state index in [1.165, 1.54) is 6.07 Å². The minimum absolute atomic E-state index is 0.0433. The van der Waals surface area contributed by atoms with Gasteiger partial charge in [0.1, 0.15) is 5.58 Å². The van der Waals surface area contributed by atoms with Crippen LogP contribution in [0.4, 0.5) is 0 Å². The zero-order valence-corrected chi connectivity index (χ0v) is 13.5. The van der Waals surface area contributed by atoms with Crippen LogP contribution in [0.5, 0.6) is 0 Å². The third kappa shape index (κ3) is 4.10. The second-order valence-electron chi connectivity index (χ2n) is 5.75. The van der Waals surface area contributed by atoms with Crippen LogP contribution in [0.2, 0.25) is 0 Å². The van der Waals surface area contributed by atoms with Crippen LogP contribution in [0.1, 0.15) is 16.2 Å². The van der Waals surface area contributed by atoms with Gasteiger partial charge in [0.25, 0.3) is 5.91 Å². The average molecular weight is 338 g/mol. The molecule has 1 aromatic carbocycles. The zero-order valence-electron chi connectivity index (χ0n) is 13.5. The predicted octanol–water partition coefficient (Wildman–Crippen LogP) is 1.77. The highest BCUT2D eigenvalue weighted by Gasteiger charge is 2.15. The summed E-state index contributed by atoms with van der Waals surface area (Å²) in [6.07, 6.45) is 2.23. The maximum atomic E-state index is 12.3. The first-order valence-electron chi connectivity index (χ1n) is 7.99. The summed E-state index contributed by atoms with van der Waals surface area (Å²) in [4.78, 5) is 28.5. The first-order valence-corrected chi connectivity index (χ1v) is 7.99. The number of benzene rings is 1. The summed E-state index contributed by atoms with van der Waals surface area (Å²) in [5.41, 5.74) is 0.944. The summed E-state index contributed by atoms with van der Waals surface area (Å²) in [5, 5.41) is 12.6. The highest BCUT2D eigenvalue weighted by Crippen LogP contribution is 2.12. The van der Waals surface area contributed by atoms with Gasteiger partial charge in [-0.15, -0.1) is 0 Å². The van der Waals surface area contributed by atoms with Gasteiger partial charge in [-0.2, -0.15) is 0 Å². The summed E-state index contributed by atoms with van der Waals surface area (Å²) in [6.45, 7) is 0.168. The molecule has 0 aliphatic heterocycles. The number of amides is 1. The van der Waals surface area contributed by atoms with Crippen LogP contribution in [0.25, 0.3) is 11.0 Å². The lowest BCUT2D eigenvalue weighted by Gasteiger charge is -2.14. The van der Waals surface area contributed by atoms with Crippen molar-refractivity contribution in [3.05, 3.63) is 76.4 Å². The maximum Gasteiger partial charge on any atom is 0.287 e. The van der Waals surface area contributed by atoms with Gasteiger partial charge in [0.15, 0.2) is 11.2 Å². The molecule has 128 valence electrons. The van der Waals surface area contributed by atoms with Crippen molar-refractivity contribution in [2.75, 3.05) is 13.2 Å². The summed E-state index contributed by atoms with van der Waals surface area (Å²) in [6, 6.07) is 13.5. The standard InChI is InChI=1S/C19H18N2O4/c22-12-13(9-14-5-3-4-8-20-14)11-21-19(24)18-10-16(23)15-6-1-2-7-17(15)25-18/h1-8,10,13,22H,9,11-12H2,(H,21,24). The molecule has 0 fully saturated rings. The van der Waals surface area contributed by atoms with E-state index in [0.29, 0.717) is 17.4 Å². The normalized spacial score (nSPS) is 12.0. The Morgan fingerprint density at radius 1 is 1.20 bits per heavy atom. The molecule has 3 rings (SSSR count). The van der Waals surface area contributed by atoms with Crippen molar-refractivity contribution in [2.45, 2.75) is 6.42 Å². The number of carbonyl (C=O) groups is 1. The fourth-order valence-corrected chi connectivity index (χ4v) is 2.56. The SMILES string of the molecule is O=C(NCC(CO)Cc1ccccn1)c1cc(=O)c2ccccc2o1. The van der Waals surface area contributed by atoms with Crippen LogP contribution in [0.15, 0.2) is 63.9 Å². The monoisotopic (exact) mass is 338 g/mol. The number of aliphatic hydroxyl groups is 1. The van der Waals surface area contributed by atoms with Gasteiger partial charge in [0.2, 0.25) is 0 Å². The lowest BCUT2D eigenvalue weighted by atomic mass is 10.0. The molecular formula is C19H18N2O4. The van der Waals surface area contributed by atoms with E-state index in [4.69, 9.17) is 4.42 Å². The lowest BCUT2D eigenvalue weighted by Crippen LogP contribution is -2.32. The van der Waals surface area contributed by atoms with Crippen molar-refractivity contribution in [1.29, 1.82) is 0 Å². The van der Waals surface area contributed by atoms with Crippen LogP contribution < -0.4 is 10.7 Å². The number of carbonyl (C=O) groups excluding carboxylic acids is 1. The molecule has 3 aromatic rings. The number of pyridine rings is 1. The molecule has 0 saturated heterocycles. The Balaban J connectivity index is 1.68. The number of fused-ring (bicyclic) bond motifs is 1. The minimum atomic E-state index is -0.484. The fraction of sp³-hybridized carbons (Fsp3) is 0.211. The predicted molar refractivity (Wildman–Crippen MR) is 93.3 cm³/mol. The molecule has 0 aliphatic rings. The molecule has 0 spiro atoms. The van der Waals surface area contributed by atoms with Crippen LogP contribution in [0, 0.1) is 5.92 Å². The molecule has 1 unspecified atom stereocenters. The third-order valence-corrected chi connectivity index (χ3v) is 3.89. The fourth-order valence-electron chi connectivity index (χ4n) is 2.56. The maximum absolute atomic E-state index is 12.3. The molecule has 0 bridgehead atoms. The zero-order chi connectivity index (χ0) is 17.6. The van der Waals surface area contributed by atoms with Crippen LogP contribution >= 0.6 is 0 Å². The van der Waals surface area contributed by atoms with Gasteiger partial charge in [-0.3, -0.25) is 14.6 Å². The van der Waals surface area contributed by atoms with E-state index < -0.39 is 5.91 Å². The summed E-state index contributed by atoms with van der Waals surface area (Å²) < 4.78 is 5.50. The number of nitrogens with one attached hydrogen (secondary N) is 1. The topological polar surface area (TPSA) is 92.4 Å². The highest BCUT2D eigenvalue weighted by atomic mass is 16.3. The second kappa shape index (κ2) is 7.72. The van der Waals surface area contributed by atoms with Crippen molar-refractivity contribution >= 4 is 16.9 Å². The highest BCUT2D eigenvalue weighted by molar-refractivity contribution is 5.93. The Morgan fingerprint density at radius 2 is 2.00 bits per heavy atom.